The van der Waals surface area contributed by atoms with E-state index < -0.39 is 0 Å². The highest BCUT2D eigenvalue weighted by atomic mass is 35.5. The topological polar surface area (TPSA) is 69.2 Å². The first kappa shape index (κ1) is 17.2. The summed E-state index contributed by atoms with van der Waals surface area (Å²) in [5.41, 5.74) is 1.92. The molecule has 0 unspecified atom stereocenters. The number of aryl methyl sites for hydroxylation is 1. The van der Waals surface area contributed by atoms with Crippen molar-refractivity contribution in [2.24, 2.45) is 0 Å². The van der Waals surface area contributed by atoms with Crippen molar-refractivity contribution in [3.63, 3.8) is 0 Å². The fourth-order valence-electron chi connectivity index (χ4n) is 3.07. The summed E-state index contributed by atoms with van der Waals surface area (Å²) in [6.07, 6.45) is 3.48. The molecule has 0 spiro atoms. The largest absolute Gasteiger partial charge is 0.454 e. The molecule has 4 heterocycles. The highest BCUT2D eigenvalue weighted by Crippen LogP contribution is 2.39. The van der Waals surface area contributed by atoms with Crippen molar-refractivity contribution >= 4 is 39.0 Å². The van der Waals surface area contributed by atoms with Crippen LogP contribution in [0.5, 0.6) is 11.5 Å². The smallest absolute Gasteiger partial charge is 0.231 e. The molecule has 4 aromatic rings. The van der Waals surface area contributed by atoms with Crippen molar-refractivity contribution in [3.8, 4) is 22.9 Å². The van der Waals surface area contributed by atoms with Gasteiger partial charge in [0.2, 0.25) is 6.79 Å². The number of thiophene rings is 1. The summed E-state index contributed by atoms with van der Waals surface area (Å²) in [5.74, 6) is 2.85. The normalized spacial score (nSPS) is 12.5. The summed E-state index contributed by atoms with van der Waals surface area (Å²) in [6.45, 7) is 2.82. The molecule has 0 saturated heterocycles. The van der Waals surface area contributed by atoms with Gasteiger partial charge >= 0.3 is 0 Å². The number of nitrogens with one attached hydrogen (secondary N) is 1. The Balaban J connectivity index is 1.53. The van der Waals surface area contributed by atoms with E-state index in [1.165, 1.54) is 0 Å². The van der Waals surface area contributed by atoms with Crippen LogP contribution in [-0.2, 0) is 6.54 Å². The molecule has 0 amide bonds. The SMILES string of the molecule is Cc1sc2nc(-c3cccnc3)nc(NCc3ccc4c(c3)OCO4)c2c1Cl. The summed E-state index contributed by atoms with van der Waals surface area (Å²) in [5, 5.41) is 4.94. The molecular weight excluding hydrogens is 396 g/mol. The van der Waals surface area contributed by atoms with E-state index in [0.29, 0.717) is 23.2 Å². The van der Waals surface area contributed by atoms with E-state index in [0.717, 1.165) is 37.7 Å². The Morgan fingerprint density at radius 1 is 1.18 bits per heavy atom. The van der Waals surface area contributed by atoms with E-state index in [1.54, 1.807) is 23.7 Å². The molecule has 8 heteroatoms. The molecule has 1 N–H and O–H groups in total. The standard InChI is InChI=1S/C20H15ClN4O2S/c1-11-17(21)16-19(23-8-12-4-5-14-15(7-12)27-10-26-14)24-18(25-20(16)28-11)13-3-2-6-22-9-13/h2-7,9H,8,10H2,1H3,(H,23,24,25). The van der Waals surface area contributed by atoms with Crippen molar-refractivity contribution in [2.45, 2.75) is 13.5 Å². The zero-order valence-electron chi connectivity index (χ0n) is 14.9. The molecule has 0 radical (unpaired) electrons. The van der Waals surface area contributed by atoms with Crippen molar-refractivity contribution in [1.82, 2.24) is 15.0 Å². The van der Waals surface area contributed by atoms with E-state index in [2.05, 4.69) is 10.3 Å². The molecule has 0 aliphatic carbocycles. The number of rotatable bonds is 4. The van der Waals surface area contributed by atoms with Gasteiger partial charge in [0, 0.05) is 29.4 Å². The summed E-state index contributed by atoms with van der Waals surface area (Å²) >= 11 is 8.10. The van der Waals surface area contributed by atoms with Crippen molar-refractivity contribution in [3.05, 3.63) is 58.2 Å². The molecule has 0 bridgehead atoms. The Labute approximate surface area is 170 Å². The third kappa shape index (κ3) is 3.02. The number of aromatic nitrogens is 3. The second-order valence-electron chi connectivity index (χ2n) is 6.33. The predicted octanol–water partition coefficient (Wildman–Crippen LogP) is 5.06. The molecular formula is C20H15ClN4O2S. The van der Waals surface area contributed by atoms with Crippen LogP contribution in [0.1, 0.15) is 10.4 Å². The van der Waals surface area contributed by atoms with Gasteiger partial charge in [-0.1, -0.05) is 17.7 Å². The second-order valence-corrected chi connectivity index (χ2v) is 7.91. The third-order valence-electron chi connectivity index (χ3n) is 4.47. The van der Waals surface area contributed by atoms with Crippen LogP contribution < -0.4 is 14.8 Å². The average Bonchev–Trinajstić information content (AvgIpc) is 3.30. The van der Waals surface area contributed by atoms with Crippen LogP contribution in [0.15, 0.2) is 42.7 Å². The molecule has 3 aromatic heterocycles. The van der Waals surface area contributed by atoms with E-state index >= 15 is 0 Å². The van der Waals surface area contributed by atoms with Crippen LogP contribution in [0.4, 0.5) is 5.82 Å². The van der Waals surface area contributed by atoms with Crippen molar-refractivity contribution in [1.29, 1.82) is 0 Å². The van der Waals surface area contributed by atoms with Crippen LogP contribution in [0.25, 0.3) is 21.6 Å². The average molecular weight is 411 g/mol. The van der Waals surface area contributed by atoms with Crippen LogP contribution >= 0.6 is 22.9 Å². The Hall–Kier alpha value is -2.90. The number of hydrogen-bond acceptors (Lipinski definition) is 7. The van der Waals surface area contributed by atoms with Crippen molar-refractivity contribution in [2.75, 3.05) is 12.1 Å². The Kier molecular flexibility index (Phi) is 4.26. The van der Waals surface area contributed by atoms with Crippen LogP contribution in [-0.4, -0.2) is 21.7 Å². The van der Waals surface area contributed by atoms with Gasteiger partial charge in [-0.25, -0.2) is 9.97 Å². The highest BCUT2D eigenvalue weighted by molar-refractivity contribution is 7.19. The summed E-state index contributed by atoms with van der Waals surface area (Å²) in [6, 6.07) is 9.70. The van der Waals surface area contributed by atoms with E-state index in [1.807, 2.05) is 37.3 Å². The summed E-state index contributed by atoms with van der Waals surface area (Å²) in [4.78, 5) is 15.5. The number of fused-ring (bicyclic) bond motifs is 2. The molecule has 140 valence electrons. The molecule has 0 atom stereocenters. The molecule has 6 nitrogen and oxygen atoms in total. The fourth-order valence-corrected chi connectivity index (χ4v) is 4.33. The highest BCUT2D eigenvalue weighted by Gasteiger charge is 2.18. The maximum absolute atomic E-state index is 6.55. The minimum atomic E-state index is 0.261. The van der Waals surface area contributed by atoms with Gasteiger partial charge in [0.15, 0.2) is 17.3 Å². The van der Waals surface area contributed by atoms with E-state index in [-0.39, 0.29) is 6.79 Å². The summed E-state index contributed by atoms with van der Waals surface area (Å²) in [7, 11) is 0. The Morgan fingerprint density at radius 2 is 2.07 bits per heavy atom. The lowest BCUT2D eigenvalue weighted by Crippen LogP contribution is -2.04. The first-order valence-electron chi connectivity index (χ1n) is 8.68. The number of nitrogens with zero attached hydrogens (tertiary/aromatic N) is 3. The van der Waals surface area contributed by atoms with Gasteiger partial charge in [0.25, 0.3) is 0 Å². The Morgan fingerprint density at radius 3 is 2.93 bits per heavy atom. The number of ether oxygens (including phenoxy) is 2. The molecule has 5 rings (SSSR count). The van der Waals surface area contributed by atoms with E-state index in [9.17, 15) is 0 Å². The van der Waals surface area contributed by atoms with Crippen LogP contribution in [0, 0.1) is 6.92 Å². The fraction of sp³-hybridized carbons (Fsp3) is 0.150. The minimum absolute atomic E-state index is 0.261. The van der Waals surface area contributed by atoms with Crippen LogP contribution in [0.3, 0.4) is 0 Å². The predicted molar refractivity (Wildman–Crippen MR) is 110 cm³/mol. The minimum Gasteiger partial charge on any atom is -0.454 e. The maximum Gasteiger partial charge on any atom is 0.231 e. The zero-order chi connectivity index (χ0) is 19.1. The van der Waals surface area contributed by atoms with Gasteiger partial charge in [-0.2, -0.15) is 0 Å². The summed E-state index contributed by atoms with van der Waals surface area (Å²) < 4.78 is 10.8. The molecule has 1 aliphatic rings. The molecule has 0 saturated carbocycles. The number of pyridine rings is 1. The molecule has 1 aromatic carbocycles. The first-order chi connectivity index (χ1) is 13.7. The quantitative estimate of drug-likeness (QED) is 0.507. The van der Waals surface area contributed by atoms with Gasteiger partial charge in [-0.15, -0.1) is 11.3 Å². The van der Waals surface area contributed by atoms with Gasteiger partial charge in [-0.05, 0) is 36.8 Å². The van der Waals surface area contributed by atoms with Gasteiger partial charge in [0.1, 0.15) is 10.6 Å². The van der Waals surface area contributed by atoms with Gasteiger partial charge in [-0.3, -0.25) is 4.98 Å². The number of anilines is 1. The number of hydrogen-bond donors (Lipinski definition) is 1. The molecule has 28 heavy (non-hydrogen) atoms. The van der Waals surface area contributed by atoms with Crippen molar-refractivity contribution < 1.29 is 9.47 Å². The lowest BCUT2D eigenvalue weighted by Gasteiger charge is -2.10. The monoisotopic (exact) mass is 410 g/mol. The molecule has 1 aliphatic heterocycles. The second kappa shape index (κ2) is 6.92. The maximum atomic E-state index is 6.55. The van der Waals surface area contributed by atoms with Gasteiger partial charge < -0.3 is 14.8 Å². The lowest BCUT2D eigenvalue weighted by atomic mass is 10.2. The Bertz CT molecular complexity index is 1180. The van der Waals surface area contributed by atoms with E-state index in [4.69, 9.17) is 31.0 Å². The molecule has 0 fully saturated rings. The van der Waals surface area contributed by atoms with Crippen LogP contribution in [0.2, 0.25) is 5.02 Å². The first-order valence-corrected chi connectivity index (χ1v) is 9.88. The number of halogens is 1. The lowest BCUT2D eigenvalue weighted by molar-refractivity contribution is 0.174. The zero-order valence-corrected chi connectivity index (χ0v) is 16.5. The third-order valence-corrected chi connectivity index (χ3v) is 6.05. The van der Waals surface area contributed by atoms with Gasteiger partial charge in [0.05, 0.1) is 10.4 Å². The number of benzene rings is 1.